The number of nitrogens with one attached hydrogen (secondary N) is 1. The Morgan fingerprint density at radius 1 is 1.67 bits per heavy atom. The molecule has 2 unspecified atom stereocenters. The van der Waals surface area contributed by atoms with Gasteiger partial charge in [-0.15, -0.1) is 0 Å². The molecule has 0 saturated carbocycles. The van der Waals surface area contributed by atoms with Gasteiger partial charge >= 0.3 is 0 Å². The summed E-state index contributed by atoms with van der Waals surface area (Å²) in [7, 11) is 0. The van der Waals surface area contributed by atoms with Gasteiger partial charge < -0.3 is 10.1 Å². The van der Waals surface area contributed by atoms with E-state index in [1.807, 2.05) is 6.92 Å². The molecule has 4 heteroatoms. The third-order valence-corrected chi connectivity index (χ3v) is 3.11. The first-order valence-electron chi connectivity index (χ1n) is 5.69. The van der Waals surface area contributed by atoms with E-state index in [0.717, 1.165) is 38.1 Å². The van der Waals surface area contributed by atoms with Gasteiger partial charge in [-0.2, -0.15) is 0 Å². The Balaban J connectivity index is 2.10. The second-order valence-electron chi connectivity index (χ2n) is 4.45. The van der Waals surface area contributed by atoms with Crippen molar-refractivity contribution in [3.05, 3.63) is 0 Å². The van der Waals surface area contributed by atoms with Crippen LogP contribution in [0.1, 0.15) is 39.5 Å². The second kappa shape index (κ2) is 3.93. The molecule has 1 amide bonds. The van der Waals surface area contributed by atoms with Crippen molar-refractivity contribution in [3.63, 3.8) is 0 Å². The Kier molecular flexibility index (Phi) is 2.78. The van der Waals surface area contributed by atoms with Crippen LogP contribution in [0.4, 0.5) is 0 Å². The zero-order valence-corrected chi connectivity index (χ0v) is 9.38. The third kappa shape index (κ3) is 1.91. The van der Waals surface area contributed by atoms with Crippen molar-refractivity contribution in [2.75, 3.05) is 6.61 Å². The molecule has 0 aromatic rings. The highest BCUT2D eigenvalue weighted by atomic mass is 16.5. The van der Waals surface area contributed by atoms with Crippen LogP contribution >= 0.6 is 0 Å². The fourth-order valence-corrected chi connectivity index (χ4v) is 2.15. The van der Waals surface area contributed by atoms with E-state index in [1.54, 1.807) is 0 Å². The van der Waals surface area contributed by atoms with Gasteiger partial charge in [0.2, 0.25) is 5.91 Å². The van der Waals surface area contributed by atoms with E-state index in [1.165, 1.54) is 0 Å². The van der Waals surface area contributed by atoms with E-state index in [4.69, 9.17) is 4.74 Å². The van der Waals surface area contributed by atoms with Gasteiger partial charge in [0.1, 0.15) is 17.5 Å². The largest absolute Gasteiger partial charge is 0.367 e. The van der Waals surface area contributed by atoms with Gasteiger partial charge in [-0.25, -0.2) is 0 Å². The zero-order chi connectivity index (χ0) is 10.9. The lowest BCUT2D eigenvalue weighted by Gasteiger charge is -2.22. The molecule has 0 aromatic heterocycles. The molecule has 0 aliphatic carbocycles. The minimum absolute atomic E-state index is 0.0311. The van der Waals surface area contributed by atoms with E-state index in [9.17, 15) is 4.79 Å². The van der Waals surface area contributed by atoms with Crippen molar-refractivity contribution in [2.45, 2.75) is 51.2 Å². The van der Waals surface area contributed by atoms with Gasteiger partial charge in [-0.3, -0.25) is 9.79 Å². The van der Waals surface area contributed by atoms with Crippen LogP contribution in [0.3, 0.4) is 0 Å². The SMILES string of the molecule is CCCC1N=C(C2(C)CCCO2)NC1=O. The van der Waals surface area contributed by atoms with Crippen LogP contribution in [0.15, 0.2) is 4.99 Å². The summed E-state index contributed by atoms with van der Waals surface area (Å²) in [5.41, 5.74) is -0.349. The molecule has 0 radical (unpaired) electrons. The van der Waals surface area contributed by atoms with Crippen molar-refractivity contribution in [3.8, 4) is 0 Å². The second-order valence-corrected chi connectivity index (χ2v) is 4.45. The van der Waals surface area contributed by atoms with Gasteiger partial charge in [-0.1, -0.05) is 13.3 Å². The number of ether oxygens (including phenoxy) is 1. The maximum atomic E-state index is 11.6. The Morgan fingerprint density at radius 2 is 2.47 bits per heavy atom. The lowest BCUT2D eigenvalue weighted by molar-refractivity contribution is -0.120. The van der Waals surface area contributed by atoms with Crippen LogP contribution in [0, 0.1) is 0 Å². The van der Waals surface area contributed by atoms with Crippen LogP contribution in [0.5, 0.6) is 0 Å². The zero-order valence-electron chi connectivity index (χ0n) is 9.38. The van der Waals surface area contributed by atoms with E-state index in [-0.39, 0.29) is 17.6 Å². The van der Waals surface area contributed by atoms with Crippen LogP contribution in [-0.4, -0.2) is 30.0 Å². The predicted octanol–water partition coefficient (Wildman–Crippen LogP) is 1.25. The molecule has 0 aromatic carbocycles. The maximum absolute atomic E-state index is 11.6. The van der Waals surface area contributed by atoms with Crippen LogP contribution in [-0.2, 0) is 9.53 Å². The highest BCUT2D eigenvalue weighted by Gasteiger charge is 2.40. The highest BCUT2D eigenvalue weighted by molar-refractivity contribution is 6.09. The molecule has 2 aliphatic heterocycles. The number of hydrogen-bond acceptors (Lipinski definition) is 3. The summed E-state index contributed by atoms with van der Waals surface area (Å²) in [6, 6.07) is -0.189. The van der Waals surface area contributed by atoms with Gasteiger partial charge in [-0.05, 0) is 26.2 Å². The van der Waals surface area contributed by atoms with E-state index in [0.29, 0.717) is 0 Å². The van der Waals surface area contributed by atoms with Crippen molar-refractivity contribution in [1.29, 1.82) is 0 Å². The number of aliphatic imine (C=N–C) groups is 1. The lowest BCUT2D eigenvalue weighted by Crippen LogP contribution is -2.43. The first kappa shape index (κ1) is 10.6. The Hall–Kier alpha value is -0.900. The standard InChI is InChI=1S/C11H18N2O2/c1-3-5-8-9(14)13-10(12-8)11(2)6-4-7-15-11/h8H,3-7H2,1-2H3,(H,12,13,14). The fourth-order valence-electron chi connectivity index (χ4n) is 2.15. The van der Waals surface area contributed by atoms with Crippen LogP contribution in [0.25, 0.3) is 0 Å². The maximum Gasteiger partial charge on any atom is 0.250 e. The van der Waals surface area contributed by atoms with Crippen molar-refractivity contribution in [2.24, 2.45) is 4.99 Å². The first-order valence-corrected chi connectivity index (χ1v) is 5.69. The average Bonchev–Trinajstić information content (AvgIpc) is 2.76. The lowest BCUT2D eigenvalue weighted by atomic mass is 10.0. The molecular weight excluding hydrogens is 192 g/mol. The summed E-state index contributed by atoms with van der Waals surface area (Å²) < 4.78 is 5.65. The smallest absolute Gasteiger partial charge is 0.250 e. The number of nitrogens with zero attached hydrogens (tertiary/aromatic N) is 1. The monoisotopic (exact) mass is 210 g/mol. The number of rotatable bonds is 3. The molecule has 15 heavy (non-hydrogen) atoms. The van der Waals surface area contributed by atoms with Crippen molar-refractivity contribution >= 4 is 11.7 Å². The minimum atomic E-state index is -0.349. The molecule has 1 fully saturated rings. The Bertz CT molecular complexity index is 293. The number of hydrogen-bond donors (Lipinski definition) is 1. The van der Waals surface area contributed by atoms with E-state index < -0.39 is 0 Å². The molecule has 1 saturated heterocycles. The van der Waals surface area contributed by atoms with Crippen LogP contribution in [0.2, 0.25) is 0 Å². The molecule has 84 valence electrons. The quantitative estimate of drug-likeness (QED) is 0.762. The van der Waals surface area contributed by atoms with Gasteiger partial charge in [0, 0.05) is 6.61 Å². The summed E-state index contributed by atoms with van der Waals surface area (Å²) in [6.07, 6.45) is 3.80. The molecule has 2 heterocycles. The highest BCUT2D eigenvalue weighted by Crippen LogP contribution is 2.28. The average molecular weight is 210 g/mol. The minimum Gasteiger partial charge on any atom is -0.367 e. The molecule has 0 bridgehead atoms. The van der Waals surface area contributed by atoms with E-state index in [2.05, 4.69) is 17.2 Å². The Labute approximate surface area is 90.1 Å². The van der Waals surface area contributed by atoms with Gasteiger partial charge in [0.25, 0.3) is 0 Å². The molecule has 2 aliphatic rings. The first-order chi connectivity index (χ1) is 7.15. The molecule has 0 spiro atoms. The van der Waals surface area contributed by atoms with E-state index >= 15 is 0 Å². The Morgan fingerprint density at radius 3 is 3.07 bits per heavy atom. The summed E-state index contributed by atoms with van der Waals surface area (Å²) >= 11 is 0. The summed E-state index contributed by atoms with van der Waals surface area (Å²) in [4.78, 5) is 16.0. The topological polar surface area (TPSA) is 50.7 Å². The van der Waals surface area contributed by atoms with Crippen LogP contribution < -0.4 is 5.32 Å². The van der Waals surface area contributed by atoms with Crippen molar-refractivity contribution in [1.82, 2.24) is 5.32 Å². The summed E-state index contributed by atoms with van der Waals surface area (Å²) in [6.45, 7) is 4.84. The molecule has 4 nitrogen and oxygen atoms in total. The molecule has 2 rings (SSSR count). The van der Waals surface area contributed by atoms with Gasteiger partial charge in [0.05, 0.1) is 0 Å². The number of carbonyl (C=O) groups is 1. The fraction of sp³-hybridized carbons (Fsp3) is 0.818. The number of amidine groups is 1. The normalized spacial score (nSPS) is 35.5. The molecule has 2 atom stereocenters. The molecule has 1 N–H and O–H groups in total. The van der Waals surface area contributed by atoms with Gasteiger partial charge in [0.15, 0.2) is 0 Å². The number of carbonyl (C=O) groups excluding carboxylic acids is 1. The predicted molar refractivity (Wildman–Crippen MR) is 57.9 cm³/mol. The number of amides is 1. The van der Waals surface area contributed by atoms with Crippen molar-refractivity contribution < 1.29 is 9.53 Å². The molecular formula is C11H18N2O2. The summed E-state index contributed by atoms with van der Waals surface area (Å²) in [5.74, 6) is 0.770. The third-order valence-electron chi connectivity index (χ3n) is 3.11. The summed E-state index contributed by atoms with van der Waals surface area (Å²) in [5, 5.41) is 2.86.